The number of aromatic nitrogens is 2. The third-order valence-electron chi connectivity index (χ3n) is 4.54. The molecule has 1 fully saturated rings. The monoisotopic (exact) mass is 339 g/mol. The molecule has 0 aliphatic carbocycles. The molecule has 0 saturated carbocycles. The smallest absolute Gasteiger partial charge is 0.303 e. The van der Waals surface area contributed by atoms with Gasteiger partial charge in [0.1, 0.15) is 5.84 Å². The van der Waals surface area contributed by atoms with Crippen LogP contribution in [0.2, 0.25) is 0 Å². The van der Waals surface area contributed by atoms with Gasteiger partial charge in [-0.15, -0.1) is 10.2 Å². The van der Waals surface area contributed by atoms with E-state index in [1.807, 2.05) is 24.3 Å². The summed E-state index contributed by atoms with van der Waals surface area (Å²) in [5, 5.41) is 24.9. The third-order valence-corrected chi connectivity index (χ3v) is 4.54. The summed E-state index contributed by atoms with van der Waals surface area (Å²) >= 11 is 0. The number of nitrogens with two attached hydrogens (primary N) is 1. The summed E-state index contributed by atoms with van der Waals surface area (Å²) in [5.74, 6) is 0.385. The summed E-state index contributed by atoms with van der Waals surface area (Å²) in [6, 6.07) is 11.2. The Balaban J connectivity index is 1.64. The predicted molar refractivity (Wildman–Crippen MR) is 95.7 cm³/mol. The van der Waals surface area contributed by atoms with E-state index in [9.17, 15) is 4.79 Å². The van der Waals surface area contributed by atoms with Crippen molar-refractivity contribution in [2.75, 3.05) is 18.0 Å². The van der Waals surface area contributed by atoms with Crippen molar-refractivity contribution in [3.63, 3.8) is 0 Å². The lowest BCUT2D eigenvalue weighted by molar-refractivity contribution is -0.138. The van der Waals surface area contributed by atoms with Gasteiger partial charge in [0.25, 0.3) is 0 Å². The maximum Gasteiger partial charge on any atom is 0.303 e. The molecule has 4 N–H and O–H groups in total. The number of anilines is 1. The van der Waals surface area contributed by atoms with E-state index in [0.717, 1.165) is 43.0 Å². The summed E-state index contributed by atoms with van der Waals surface area (Å²) < 4.78 is 0. The van der Waals surface area contributed by atoms with E-state index < -0.39 is 5.97 Å². The van der Waals surface area contributed by atoms with Crippen LogP contribution in [0.4, 0.5) is 5.82 Å². The van der Waals surface area contributed by atoms with Crippen molar-refractivity contribution in [3.8, 4) is 11.3 Å². The third kappa shape index (κ3) is 4.12. The van der Waals surface area contributed by atoms with Crippen LogP contribution in [0.3, 0.4) is 0 Å². The quantitative estimate of drug-likeness (QED) is 0.567. The second kappa shape index (κ2) is 7.29. The van der Waals surface area contributed by atoms with Gasteiger partial charge in [-0.3, -0.25) is 10.2 Å². The summed E-state index contributed by atoms with van der Waals surface area (Å²) in [7, 11) is 0. The second-order valence-electron chi connectivity index (χ2n) is 6.30. The summed E-state index contributed by atoms with van der Waals surface area (Å²) in [5.41, 5.74) is 7.82. The van der Waals surface area contributed by atoms with Gasteiger partial charge in [-0.25, -0.2) is 0 Å². The zero-order valence-electron chi connectivity index (χ0n) is 13.9. The van der Waals surface area contributed by atoms with Crippen molar-refractivity contribution in [2.24, 2.45) is 11.7 Å². The van der Waals surface area contributed by atoms with Crippen molar-refractivity contribution >= 4 is 17.6 Å². The number of piperidine rings is 1. The number of carboxylic acid groups (broad SMARTS) is 1. The van der Waals surface area contributed by atoms with E-state index in [-0.39, 0.29) is 18.2 Å². The molecule has 1 aromatic heterocycles. The highest BCUT2D eigenvalue weighted by atomic mass is 16.4. The zero-order valence-corrected chi connectivity index (χ0v) is 13.9. The highest BCUT2D eigenvalue weighted by Crippen LogP contribution is 2.25. The molecule has 0 spiro atoms. The van der Waals surface area contributed by atoms with Crippen molar-refractivity contribution in [1.82, 2.24) is 10.2 Å². The Kier molecular flexibility index (Phi) is 4.92. The molecule has 7 heteroatoms. The number of carbonyl (C=O) groups is 1. The van der Waals surface area contributed by atoms with E-state index in [1.165, 1.54) is 0 Å². The largest absolute Gasteiger partial charge is 0.481 e. The fourth-order valence-electron chi connectivity index (χ4n) is 3.08. The molecule has 1 aromatic carbocycles. The zero-order chi connectivity index (χ0) is 17.8. The predicted octanol–water partition coefficient (Wildman–Crippen LogP) is 2.12. The van der Waals surface area contributed by atoms with Crippen LogP contribution in [0.5, 0.6) is 0 Å². The first-order chi connectivity index (χ1) is 12.0. The minimum Gasteiger partial charge on any atom is -0.481 e. The van der Waals surface area contributed by atoms with E-state index in [0.29, 0.717) is 5.56 Å². The van der Waals surface area contributed by atoms with Crippen LogP contribution in [0.1, 0.15) is 24.8 Å². The van der Waals surface area contributed by atoms with Crippen molar-refractivity contribution in [2.45, 2.75) is 19.3 Å². The van der Waals surface area contributed by atoms with Crippen LogP contribution < -0.4 is 10.6 Å². The minimum absolute atomic E-state index is 0.0410. The Labute approximate surface area is 146 Å². The van der Waals surface area contributed by atoms with E-state index in [1.54, 1.807) is 12.1 Å². The minimum atomic E-state index is -0.724. The van der Waals surface area contributed by atoms with Crippen LogP contribution in [0.25, 0.3) is 11.3 Å². The number of aliphatic carboxylic acids is 1. The first-order valence-electron chi connectivity index (χ1n) is 8.28. The molecule has 0 unspecified atom stereocenters. The number of rotatable bonds is 5. The fourth-order valence-corrected chi connectivity index (χ4v) is 3.08. The molecule has 0 bridgehead atoms. The number of nitrogens with one attached hydrogen (secondary N) is 1. The average Bonchev–Trinajstić information content (AvgIpc) is 2.62. The molecule has 25 heavy (non-hydrogen) atoms. The maximum atomic E-state index is 10.8. The average molecular weight is 339 g/mol. The molecule has 7 nitrogen and oxygen atoms in total. The Hall–Kier alpha value is -2.96. The Bertz CT molecular complexity index is 750. The molecule has 1 saturated heterocycles. The molecule has 0 amide bonds. The van der Waals surface area contributed by atoms with Gasteiger partial charge in [0, 0.05) is 30.6 Å². The van der Waals surface area contributed by atoms with Crippen LogP contribution in [-0.2, 0) is 4.79 Å². The van der Waals surface area contributed by atoms with E-state index >= 15 is 0 Å². The first-order valence-corrected chi connectivity index (χ1v) is 8.28. The lowest BCUT2D eigenvalue weighted by Gasteiger charge is -2.31. The lowest BCUT2D eigenvalue weighted by Crippen LogP contribution is -2.35. The summed E-state index contributed by atoms with van der Waals surface area (Å²) in [4.78, 5) is 12.9. The highest BCUT2D eigenvalue weighted by Gasteiger charge is 2.22. The molecule has 1 aliphatic rings. The first kappa shape index (κ1) is 16.9. The summed E-state index contributed by atoms with van der Waals surface area (Å²) in [6.45, 7) is 1.61. The number of amidine groups is 1. The molecule has 0 radical (unpaired) electrons. The number of hydrogen-bond donors (Lipinski definition) is 3. The van der Waals surface area contributed by atoms with Gasteiger partial charge in [0.15, 0.2) is 5.82 Å². The van der Waals surface area contributed by atoms with Gasteiger partial charge >= 0.3 is 5.97 Å². The number of nitrogen functional groups attached to an aromatic ring is 1. The van der Waals surface area contributed by atoms with Crippen LogP contribution in [0.15, 0.2) is 36.4 Å². The molecular weight excluding hydrogens is 318 g/mol. The van der Waals surface area contributed by atoms with E-state index in [2.05, 4.69) is 15.1 Å². The van der Waals surface area contributed by atoms with Gasteiger partial charge in [0.2, 0.25) is 0 Å². The van der Waals surface area contributed by atoms with Crippen molar-refractivity contribution in [3.05, 3.63) is 42.0 Å². The van der Waals surface area contributed by atoms with Gasteiger partial charge in [-0.05, 0) is 30.9 Å². The van der Waals surface area contributed by atoms with Gasteiger partial charge in [-0.1, -0.05) is 24.3 Å². The number of benzene rings is 1. The standard InChI is InChI=1S/C18H21N5O2/c19-18(20)14-3-1-13(2-4-14)15-5-6-16(22-21-15)23-9-7-12(8-10-23)11-17(24)25/h1-6,12H,7-11H2,(H3,19,20)(H,24,25). The molecule has 130 valence electrons. The molecule has 2 heterocycles. The molecular formula is C18H21N5O2. The Morgan fingerprint density at radius 2 is 1.84 bits per heavy atom. The maximum absolute atomic E-state index is 10.8. The SMILES string of the molecule is N=C(N)c1ccc(-c2ccc(N3CCC(CC(=O)O)CC3)nn2)cc1. The molecule has 2 aromatic rings. The summed E-state index contributed by atoms with van der Waals surface area (Å²) in [6.07, 6.45) is 1.97. The topological polar surface area (TPSA) is 116 Å². The van der Waals surface area contributed by atoms with Crippen LogP contribution >= 0.6 is 0 Å². The highest BCUT2D eigenvalue weighted by molar-refractivity contribution is 5.95. The Morgan fingerprint density at radius 3 is 2.36 bits per heavy atom. The van der Waals surface area contributed by atoms with Gasteiger partial charge in [-0.2, -0.15) is 0 Å². The normalized spacial score (nSPS) is 15.1. The van der Waals surface area contributed by atoms with Crippen molar-refractivity contribution in [1.29, 1.82) is 5.41 Å². The second-order valence-corrected chi connectivity index (χ2v) is 6.30. The molecule has 3 rings (SSSR count). The number of hydrogen-bond acceptors (Lipinski definition) is 5. The number of nitrogens with zero attached hydrogens (tertiary/aromatic N) is 3. The van der Waals surface area contributed by atoms with E-state index in [4.69, 9.17) is 16.2 Å². The van der Waals surface area contributed by atoms with Gasteiger partial charge < -0.3 is 15.7 Å². The molecule has 1 aliphatic heterocycles. The number of carboxylic acids is 1. The lowest BCUT2D eigenvalue weighted by atomic mass is 9.94. The molecule has 0 atom stereocenters. The van der Waals surface area contributed by atoms with Gasteiger partial charge in [0.05, 0.1) is 5.69 Å². The van der Waals surface area contributed by atoms with Crippen LogP contribution in [-0.4, -0.2) is 40.2 Å². The van der Waals surface area contributed by atoms with Crippen LogP contribution in [0, 0.1) is 11.3 Å². The van der Waals surface area contributed by atoms with Crippen molar-refractivity contribution < 1.29 is 9.90 Å². The fraction of sp³-hybridized carbons (Fsp3) is 0.333. The Morgan fingerprint density at radius 1 is 1.16 bits per heavy atom.